The van der Waals surface area contributed by atoms with E-state index in [0.717, 1.165) is 31.2 Å². The van der Waals surface area contributed by atoms with Crippen LogP contribution in [-0.2, 0) is 11.2 Å². The van der Waals surface area contributed by atoms with Gasteiger partial charge in [0.15, 0.2) is 0 Å². The summed E-state index contributed by atoms with van der Waals surface area (Å²) in [7, 11) is 0. The van der Waals surface area contributed by atoms with Crippen LogP contribution in [-0.4, -0.2) is 17.1 Å². The SMILES string of the molecule is O=C1C=C(O)C2C3CCC(Cc4ccc(F)cc4)(C3)C2N1. The van der Waals surface area contributed by atoms with Crippen LogP contribution in [0.3, 0.4) is 0 Å². The molecule has 3 aliphatic rings. The largest absolute Gasteiger partial charge is 0.512 e. The number of benzene rings is 1. The lowest BCUT2D eigenvalue weighted by molar-refractivity contribution is -0.119. The summed E-state index contributed by atoms with van der Waals surface area (Å²) in [6, 6.07) is 6.64. The second kappa shape index (κ2) is 4.33. The van der Waals surface area contributed by atoms with E-state index in [1.54, 1.807) is 0 Å². The molecule has 1 aromatic carbocycles. The molecular weight excluding hydrogens is 269 g/mol. The molecule has 2 bridgehead atoms. The van der Waals surface area contributed by atoms with Crippen molar-refractivity contribution in [3.8, 4) is 0 Å². The van der Waals surface area contributed by atoms with Gasteiger partial charge in [0, 0.05) is 18.0 Å². The maximum atomic E-state index is 13.1. The van der Waals surface area contributed by atoms with Crippen LogP contribution in [0.25, 0.3) is 0 Å². The number of amides is 1. The molecule has 2 aliphatic carbocycles. The fraction of sp³-hybridized carbons (Fsp3) is 0.471. The van der Waals surface area contributed by atoms with Crippen LogP contribution in [0.2, 0.25) is 0 Å². The highest BCUT2D eigenvalue weighted by Gasteiger charge is 2.60. The molecule has 4 heteroatoms. The van der Waals surface area contributed by atoms with Crippen LogP contribution in [0.4, 0.5) is 4.39 Å². The predicted molar refractivity (Wildman–Crippen MR) is 76.0 cm³/mol. The van der Waals surface area contributed by atoms with E-state index in [0.29, 0.717) is 5.92 Å². The number of rotatable bonds is 2. The number of hydrogen-bond donors (Lipinski definition) is 2. The van der Waals surface area contributed by atoms with Crippen LogP contribution < -0.4 is 5.32 Å². The zero-order valence-electron chi connectivity index (χ0n) is 11.7. The Morgan fingerprint density at radius 1 is 1.33 bits per heavy atom. The van der Waals surface area contributed by atoms with Gasteiger partial charge in [-0.15, -0.1) is 0 Å². The van der Waals surface area contributed by atoms with Crippen molar-refractivity contribution in [2.24, 2.45) is 17.3 Å². The fourth-order valence-electron chi connectivity index (χ4n) is 4.80. The van der Waals surface area contributed by atoms with Gasteiger partial charge in [-0.2, -0.15) is 0 Å². The Morgan fingerprint density at radius 3 is 2.86 bits per heavy atom. The second-order valence-corrected chi connectivity index (χ2v) is 6.75. The summed E-state index contributed by atoms with van der Waals surface area (Å²) in [5.74, 6) is 0.342. The minimum absolute atomic E-state index is 0.00502. The normalized spacial score (nSPS) is 37.1. The third-order valence-electron chi connectivity index (χ3n) is 5.60. The number of aliphatic hydroxyl groups is 1. The molecule has 3 nitrogen and oxygen atoms in total. The molecule has 1 amide bonds. The van der Waals surface area contributed by atoms with Crippen molar-refractivity contribution >= 4 is 5.91 Å². The van der Waals surface area contributed by atoms with Crippen molar-refractivity contribution in [3.63, 3.8) is 0 Å². The van der Waals surface area contributed by atoms with Gasteiger partial charge in [0.25, 0.3) is 0 Å². The van der Waals surface area contributed by atoms with Crippen molar-refractivity contribution in [1.29, 1.82) is 0 Å². The van der Waals surface area contributed by atoms with E-state index in [1.165, 1.54) is 18.2 Å². The van der Waals surface area contributed by atoms with Crippen molar-refractivity contribution in [2.45, 2.75) is 31.7 Å². The maximum Gasteiger partial charge on any atom is 0.247 e. The molecule has 0 spiro atoms. The first-order valence-corrected chi connectivity index (χ1v) is 7.53. The predicted octanol–water partition coefficient (Wildman–Crippen LogP) is 2.72. The van der Waals surface area contributed by atoms with Gasteiger partial charge in [-0.05, 0) is 54.7 Å². The lowest BCUT2D eigenvalue weighted by atomic mass is 9.70. The number of carbonyl (C=O) groups excluding carboxylic acids is 1. The molecule has 4 unspecified atom stereocenters. The first-order valence-electron chi connectivity index (χ1n) is 7.53. The number of halogens is 1. The van der Waals surface area contributed by atoms with E-state index < -0.39 is 0 Å². The first-order chi connectivity index (χ1) is 10.1. The first kappa shape index (κ1) is 12.9. The fourth-order valence-corrected chi connectivity index (χ4v) is 4.80. The average molecular weight is 287 g/mol. The van der Waals surface area contributed by atoms with Crippen molar-refractivity contribution in [1.82, 2.24) is 5.32 Å². The Morgan fingerprint density at radius 2 is 2.10 bits per heavy atom. The Labute approximate surface area is 122 Å². The molecule has 0 radical (unpaired) electrons. The van der Waals surface area contributed by atoms with E-state index in [-0.39, 0.29) is 34.9 Å². The van der Waals surface area contributed by atoms with Crippen LogP contribution in [0.1, 0.15) is 24.8 Å². The number of nitrogens with one attached hydrogen (secondary N) is 1. The van der Waals surface area contributed by atoms with Crippen molar-refractivity contribution < 1.29 is 14.3 Å². The zero-order chi connectivity index (χ0) is 14.6. The number of carbonyl (C=O) groups is 1. The van der Waals surface area contributed by atoms with Crippen molar-refractivity contribution in [3.05, 3.63) is 47.5 Å². The second-order valence-electron chi connectivity index (χ2n) is 6.75. The van der Waals surface area contributed by atoms with E-state index in [1.807, 2.05) is 12.1 Å². The van der Waals surface area contributed by atoms with Gasteiger partial charge in [0.1, 0.15) is 11.6 Å². The summed E-state index contributed by atoms with van der Waals surface area (Å²) in [5.41, 5.74) is 1.10. The molecule has 0 aromatic heterocycles. The zero-order valence-corrected chi connectivity index (χ0v) is 11.7. The van der Waals surface area contributed by atoms with Crippen LogP contribution in [0.5, 0.6) is 0 Å². The Bertz CT molecular complexity index is 624. The van der Waals surface area contributed by atoms with Gasteiger partial charge in [0.05, 0.1) is 0 Å². The van der Waals surface area contributed by atoms with Gasteiger partial charge in [0.2, 0.25) is 5.91 Å². The van der Waals surface area contributed by atoms with E-state index in [2.05, 4.69) is 5.32 Å². The number of hydrogen-bond acceptors (Lipinski definition) is 2. The molecular formula is C17H18FNO2. The third-order valence-corrected chi connectivity index (χ3v) is 5.60. The molecule has 110 valence electrons. The lowest BCUT2D eigenvalue weighted by Gasteiger charge is -2.41. The molecule has 2 fully saturated rings. The van der Waals surface area contributed by atoms with E-state index >= 15 is 0 Å². The standard InChI is InChI=1S/C17H18FNO2/c18-12-3-1-10(2-4-12)8-17-6-5-11(9-17)15-13(20)7-14(21)19-16(15)17/h1-4,7,11,15-16,20H,5-6,8-9H2,(H,19,21). The molecule has 4 rings (SSSR count). The average Bonchev–Trinajstić information content (AvgIpc) is 2.97. The van der Waals surface area contributed by atoms with Crippen LogP contribution in [0.15, 0.2) is 36.1 Å². The summed E-state index contributed by atoms with van der Waals surface area (Å²) in [6.07, 6.45) is 5.34. The lowest BCUT2D eigenvalue weighted by Crippen LogP contribution is -2.52. The Kier molecular flexibility index (Phi) is 2.65. The Balaban J connectivity index is 1.66. The highest BCUT2D eigenvalue weighted by Crippen LogP contribution is 2.60. The topological polar surface area (TPSA) is 49.3 Å². The van der Waals surface area contributed by atoms with Crippen LogP contribution >= 0.6 is 0 Å². The number of fused-ring (bicyclic) bond motifs is 5. The summed E-state index contributed by atoms with van der Waals surface area (Å²) in [4.78, 5) is 11.7. The van der Waals surface area contributed by atoms with Gasteiger partial charge >= 0.3 is 0 Å². The van der Waals surface area contributed by atoms with Crippen molar-refractivity contribution in [2.75, 3.05) is 0 Å². The minimum atomic E-state index is -0.226. The summed E-state index contributed by atoms with van der Waals surface area (Å²) in [5, 5.41) is 13.2. The molecule has 1 aliphatic heterocycles. The van der Waals surface area contributed by atoms with Gasteiger partial charge in [-0.25, -0.2) is 4.39 Å². The molecule has 1 heterocycles. The molecule has 1 aromatic rings. The summed E-state index contributed by atoms with van der Waals surface area (Å²) < 4.78 is 13.1. The van der Waals surface area contributed by atoms with E-state index in [9.17, 15) is 14.3 Å². The van der Waals surface area contributed by atoms with Gasteiger partial charge < -0.3 is 10.4 Å². The molecule has 4 atom stereocenters. The maximum absolute atomic E-state index is 13.1. The minimum Gasteiger partial charge on any atom is -0.512 e. The highest BCUT2D eigenvalue weighted by molar-refractivity contribution is 5.89. The third kappa shape index (κ3) is 1.88. The molecule has 2 saturated carbocycles. The van der Waals surface area contributed by atoms with Gasteiger partial charge in [-0.3, -0.25) is 4.79 Å². The smallest absolute Gasteiger partial charge is 0.247 e. The monoisotopic (exact) mass is 287 g/mol. The highest BCUT2D eigenvalue weighted by atomic mass is 19.1. The summed E-state index contributed by atoms with van der Waals surface area (Å²) >= 11 is 0. The molecule has 2 N–H and O–H groups in total. The molecule has 0 saturated heterocycles. The molecule has 21 heavy (non-hydrogen) atoms. The number of aliphatic hydroxyl groups excluding tert-OH is 1. The Hall–Kier alpha value is -1.84. The van der Waals surface area contributed by atoms with Crippen LogP contribution in [0, 0.1) is 23.1 Å². The van der Waals surface area contributed by atoms with E-state index in [4.69, 9.17) is 0 Å². The summed E-state index contributed by atoms with van der Waals surface area (Å²) in [6.45, 7) is 0. The quantitative estimate of drug-likeness (QED) is 0.878. The van der Waals surface area contributed by atoms with Gasteiger partial charge in [-0.1, -0.05) is 12.1 Å².